The molecule has 2 N–H and O–H groups in total. The Hall–Kier alpha value is -1.50. The van der Waals surface area contributed by atoms with Gasteiger partial charge in [0.2, 0.25) is 0 Å². The van der Waals surface area contributed by atoms with E-state index in [2.05, 4.69) is 21.8 Å². The molecule has 0 unspecified atom stereocenters. The van der Waals surface area contributed by atoms with Crippen molar-refractivity contribution in [3.8, 4) is 5.75 Å². The zero-order chi connectivity index (χ0) is 16.1. The van der Waals surface area contributed by atoms with Crippen LogP contribution in [0.15, 0.2) is 30.0 Å². The molecule has 6 heteroatoms. The highest BCUT2D eigenvalue weighted by Crippen LogP contribution is 2.32. The fraction of sp³-hybridized carbons (Fsp3) is 0.529. The van der Waals surface area contributed by atoms with Gasteiger partial charge in [-0.1, -0.05) is 6.92 Å². The van der Waals surface area contributed by atoms with Crippen LogP contribution >= 0.6 is 11.3 Å². The van der Waals surface area contributed by atoms with E-state index in [-0.39, 0.29) is 6.04 Å². The van der Waals surface area contributed by atoms with Gasteiger partial charge in [-0.2, -0.15) is 0 Å². The number of hydrogen-bond acceptors (Lipinski definition) is 6. The van der Waals surface area contributed by atoms with E-state index in [1.165, 1.54) is 23.4 Å². The fourth-order valence-corrected chi connectivity index (χ4v) is 3.82. The Balaban J connectivity index is 1.51. The zero-order valence-electron chi connectivity index (χ0n) is 13.5. The van der Waals surface area contributed by atoms with Crippen molar-refractivity contribution in [1.82, 2.24) is 14.9 Å². The standard InChI is InChI=1S/C17H24N4OS/c1-2-13-8-15(10-19-9-13)22-12-14(18)11-21-6-3-4-16(21)17-20-5-7-23-17/h5,7-10,14,16H,2-4,6,11-12,18H2,1H3/t14-,16+/m0/s1. The van der Waals surface area contributed by atoms with Gasteiger partial charge in [-0.3, -0.25) is 9.88 Å². The minimum atomic E-state index is -0.0131. The molecule has 3 rings (SSSR count). The van der Waals surface area contributed by atoms with E-state index >= 15 is 0 Å². The molecule has 0 saturated carbocycles. The van der Waals surface area contributed by atoms with Crippen LogP contribution in [0, 0.1) is 0 Å². The number of aromatic nitrogens is 2. The number of likely N-dealkylation sites (tertiary alicyclic amines) is 1. The molecule has 1 saturated heterocycles. The number of hydrogen-bond donors (Lipinski definition) is 1. The lowest BCUT2D eigenvalue weighted by Crippen LogP contribution is -2.41. The molecular formula is C17H24N4OS. The summed E-state index contributed by atoms with van der Waals surface area (Å²) in [4.78, 5) is 11.1. The molecule has 0 radical (unpaired) electrons. The lowest BCUT2D eigenvalue weighted by molar-refractivity contribution is 0.201. The summed E-state index contributed by atoms with van der Waals surface area (Å²) in [6, 6.07) is 2.44. The molecule has 124 valence electrons. The van der Waals surface area contributed by atoms with Crippen LogP contribution in [0.2, 0.25) is 0 Å². The Kier molecular flexibility index (Phi) is 5.59. The Morgan fingerprint density at radius 3 is 3.17 bits per heavy atom. The largest absolute Gasteiger partial charge is 0.490 e. The average molecular weight is 332 g/mol. The van der Waals surface area contributed by atoms with E-state index in [9.17, 15) is 0 Å². The number of rotatable bonds is 7. The highest BCUT2D eigenvalue weighted by molar-refractivity contribution is 7.09. The van der Waals surface area contributed by atoms with Gasteiger partial charge in [0.25, 0.3) is 0 Å². The van der Waals surface area contributed by atoms with Gasteiger partial charge in [0.15, 0.2) is 0 Å². The van der Waals surface area contributed by atoms with Crippen molar-refractivity contribution < 1.29 is 4.74 Å². The minimum absolute atomic E-state index is 0.0131. The number of aryl methyl sites for hydroxylation is 1. The van der Waals surface area contributed by atoms with Gasteiger partial charge in [-0.05, 0) is 37.4 Å². The first-order valence-electron chi connectivity index (χ1n) is 8.22. The van der Waals surface area contributed by atoms with E-state index in [0.29, 0.717) is 12.6 Å². The van der Waals surface area contributed by atoms with Crippen LogP contribution in [0.3, 0.4) is 0 Å². The number of nitrogens with zero attached hydrogens (tertiary/aromatic N) is 3. The molecule has 0 aromatic carbocycles. The normalized spacial score (nSPS) is 19.8. The average Bonchev–Trinajstić information content (AvgIpc) is 3.24. The van der Waals surface area contributed by atoms with E-state index in [0.717, 1.165) is 25.3 Å². The number of nitrogens with two attached hydrogens (primary N) is 1. The first-order valence-corrected chi connectivity index (χ1v) is 9.10. The van der Waals surface area contributed by atoms with E-state index in [1.54, 1.807) is 17.5 Å². The smallest absolute Gasteiger partial charge is 0.137 e. The predicted octanol–water partition coefficient (Wildman–Crippen LogP) is 2.64. The van der Waals surface area contributed by atoms with Crippen LogP contribution in [-0.4, -0.2) is 40.6 Å². The van der Waals surface area contributed by atoms with Crippen molar-refractivity contribution in [2.45, 2.75) is 38.3 Å². The molecule has 2 aromatic heterocycles. The topological polar surface area (TPSA) is 64.3 Å². The summed E-state index contributed by atoms with van der Waals surface area (Å²) in [5.74, 6) is 0.803. The maximum Gasteiger partial charge on any atom is 0.137 e. The monoisotopic (exact) mass is 332 g/mol. The van der Waals surface area contributed by atoms with Crippen LogP contribution in [0.5, 0.6) is 5.75 Å². The highest BCUT2D eigenvalue weighted by atomic mass is 32.1. The van der Waals surface area contributed by atoms with Crippen LogP contribution in [-0.2, 0) is 6.42 Å². The molecule has 0 aliphatic carbocycles. The molecule has 2 atom stereocenters. The Morgan fingerprint density at radius 1 is 1.48 bits per heavy atom. The van der Waals surface area contributed by atoms with Crippen LogP contribution < -0.4 is 10.5 Å². The lowest BCUT2D eigenvalue weighted by atomic mass is 10.2. The summed E-state index contributed by atoms with van der Waals surface area (Å²) in [6.45, 7) is 4.55. The van der Waals surface area contributed by atoms with Gasteiger partial charge < -0.3 is 10.5 Å². The van der Waals surface area contributed by atoms with Crippen LogP contribution in [0.1, 0.15) is 36.4 Å². The minimum Gasteiger partial charge on any atom is -0.490 e. The van der Waals surface area contributed by atoms with Crippen molar-refractivity contribution in [2.24, 2.45) is 5.73 Å². The first-order chi connectivity index (χ1) is 11.3. The first kappa shape index (κ1) is 16.4. The second-order valence-corrected chi connectivity index (χ2v) is 6.90. The highest BCUT2D eigenvalue weighted by Gasteiger charge is 2.28. The SMILES string of the molecule is CCc1cncc(OC[C@@H](N)CN2CCC[C@@H]2c2nccs2)c1. The van der Waals surface area contributed by atoms with E-state index < -0.39 is 0 Å². The second kappa shape index (κ2) is 7.86. The lowest BCUT2D eigenvalue weighted by Gasteiger charge is -2.26. The Morgan fingerprint density at radius 2 is 2.39 bits per heavy atom. The van der Waals surface area contributed by atoms with Crippen molar-refractivity contribution in [3.63, 3.8) is 0 Å². The summed E-state index contributed by atoms with van der Waals surface area (Å²) in [5, 5.41) is 3.25. The molecule has 1 aliphatic rings. The summed E-state index contributed by atoms with van der Waals surface area (Å²) in [7, 11) is 0. The summed E-state index contributed by atoms with van der Waals surface area (Å²) in [5.41, 5.74) is 7.46. The Labute approximate surface area is 141 Å². The Bertz CT molecular complexity index is 604. The molecule has 2 aromatic rings. The second-order valence-electron chi connectivity index (χ2n) is 5.98. The van der Waals surface area contributed by atoms with Gasteiger partial charge >= 0.3 is 0 Å². The van der Waals surface area contributed by atoms with Crippen molar-refractivity contribution in [2.75, 3.05) is 19.7 Å². The maximum absolute atomic E-state index is 6.28. The maximum atomic E-state index is 6.28. The van der Waals surface area contributed by atoms with E-state index in [4.69, 9.17) is 10.5 Å². The molecule has 23 heavy (non-hydrogen) atoms. The fourth-order valence-electron chi connectivity index (χ4n) is 3.02. The quantitative estimate of drug-likeness (QED) is 0.844. The third-order valence-corrected chi connectivity index (χ3v) is 5.09. The third-order valence-electron chi connectivity index (χ3n) is 4.21. The molecular weight excluding hydrogens is 308 g/mol. The number of pyridine rings is 1. The van der Waals surface area contributed by atoms with E-state index in [1.807, 2.05) is 23.8 Å². The molecule has 5 nitrogen and oxygen atoms in total. The number of thiazole rings is 1. The third kappa shape index (κ3) is 4.28. The van der Waals surface area contributed by atoms with Gasteiger partial charge in [-0.25, -0.2) is 4.98 Å². The van der Waals surface area contributed by atoms with Gasteiger partial charge in [0.1, 0.15) is 17.4 Å². The van der Waals surface area contributed by atoms with Crippen molar-refractivity contribution in [1.29, 1.82) is 0 Å². The zero-order valence-corrected chi connectivity index (χ0v) is 14.3. The molecule has 0 bridgehead atoms. The molecule has 1 aliphatic heterocycles. The van der Waals surface area contributed by atoms with Gasteiger partial charge in [0.05, 0.1) is 18.3 Å². The van der Waals surface area contributed by atoms with Crippen molar-refractivity contribution >= 4 is 11.3 Å². The summed E-state index contributed by atoms with van der Waals surface area (Å²) in [6.07, 6.45) is 8.84. The van der Waals surface area contributed by atoms with Crippen LogP contribution in [0.4, 0.5) is 0 Å². The van der Waals surface area contributed by atoms with Gasteiger partial charge in [-0.15, -0.1) is 11.3 Å². The van der Waals surface area contributed by atoms with Gasteiger partial charge in [0, 0.05) is 24.3 Å². The summed E-state index contributed by atoms with van der Waals surface area (Å²) < 4.78 is 5.82. The molecule has 0 amide bonds. The molecule has 0 spiro atoms. The molecule has 3 heterocycles. The molecule has 1 fully saturated rings. The summed E-state index contributed by atoms with van der Waals surface area (Å²) >= 11 is 1.73. The van der Waals surface area contributed by atoms with Crippen LogP contribution in [0.25, 0.3) is 0 Å². The number of ether oxygens (including phenoxy) is 1. The van der Waals surface area contributed by atoms with Crippen molar-refractivity contribution in [3.05, 3.63) is 40.6 Å². The predicted molar refractivity (Wildman–Crippen MR) is 92.7 cm³/mol.